The van der Waals surface area contributed by atoms with Gasteiger partial charge in [0.05, 0.1) is 22.0 Å². The first-order chi connectivity index (χ1) is 11.8. The minimum Gasteiger partial charge on any atom is -0.494 e. The largest absolute Gasteiger partial charge is 0.494 e. The molecule has 130 valence electrons. The van der Waals surface area contributed by atoms with Crippen LogP contribution in [0.3, 0.4) is 0 Å². The fourth-order valence-electron chi connectivity index (χ4n) is 2.20. The van der Waals surface area contributed by atoms with Crippen molar-refractivity contribution in [2.24, 2.45) is 0 Å². The Kier molecular flexibility index (Phi) is 5.28. The summed E-state index contributed by atoms with van der Waals surface area (Å²) >= 11 is 0. The Hall–Kier alpha value is -3.49. The van der Waals surface area contributed by atoms with E-state index >= 15 is 0 Å². The monoisotopic (exact) mass is 345 g/mol. The third kappa shape index (κ3) is 4.08. The summed E-state index contributed by atoms with van der Waals surface area (Å²) in [6.45, 7) is 3.61. The number of nitrogens with one attached hydrogen (secondary N) is 1. The predicted octanol–water partition coefficient (Wildman–Crippen LogP) is 3.46. The van der Waals surface area contributed by atoms with Crippen LogP contribution in [0.15, 0.2) is 36.4 Å². The van der Waals surface area contributed by atoms with Gasteiger partial charge in [0, 0.05) is 17.8 Å². The molecule has 0 heterocycles. The highest BCUT2D eigenvalue weighted by atomic mass is 16.6. The zero-order chi connectivity index (χ0) is 18.6. The predicted molar refractivity (Wildman–Crippen MR) is 90.1 cm³/mol. The second-order valence-corrected chi connectivity index (χ2v) is 5.07. The van der Waals surface area contributed by atoms with Gasteiger partial charge in [0.2, 0.25) is 0 Å². The summed E-state index contributed by atoms with van der Waals surface area (Å²) in [5.74, 6) is -0.0579. The Morgan fingerprint density at radius 2 is 1.60 bits per heavy atom. The molecule has 0 spiro atoms. The van der Waals surface area contributed by atoms with Crippen molar-refractivity contribution in [1.82, 2.24) is 0 Å². The standard InChI is InChI=1S/C16H15N3O6/c1-3-25-13-6-4-12(5-7-13)17-16(20)11-8-14(18(21)22)10(2)15(9-11)19(23)24/h4-9H,3H2,1-2H3,(H,17,20). The fourth-order valence-corrected chi connectivity index (χ4v) is 2.20. The van der Waals surface area contributed by atoms with Crippen molar-refractivity contribution in [2.45, 2.75) is 13.8 Å². The van der Waals surface area contributed by atoms with Gasteiger partial charge in [0.25, 0.3) is 17.3 Å². The van der Waals surface area contributed by atoms with Gasteiger partial charge in [0.15, 0.2) is 0 Å². The Bertz CT molecular complexity index is 797. The first-order valence-electron chi connectivity index (χ1n) is 7.31. The number of nitrogens with zero attached hydrogens (tertiary/aromatic N) is 2. The van der Waals surface area contributed by atoms with E-state index in [1.165, 1.54) is 6.92 Å². The van der Waals surface area contributed by atoms with Gasteiger partial charge < -0.3 is 10.1 Å². The van der Waals surface area contributed by atoms with E-state index in [0.29, 0.717) is 18.0 Å². The molecular formula is C16H15N3O6. The van der Waals surface area contributed by atoms with Crippen LogP contribution >= 0.6 is 0 Å². The average Bonchev–Trinajstić information content (AvgIpc) is 2.56. The van der Waals surface area contributed by atoms with E-state index < -0.39 is 27.1 Å². The molecular weight excluding hydrogens is 330 g/mol. The van der Waals surface area contributed by atoms with Gasteiger partial charge >= 0.3 is 0 Å². The van der Waals surface area contributed by atoms with Crippen molar-refractivity contribution in [1.29, 1.82) is 0 Å². The maximum absolute atomic E-state index is 12.3. The smallest absolute Gasteiger partial charge is 0.279 e. The topological polar surface area (TPSA) is 125 Å². The Morgan fingerprint density at radius 1 is 1.08 bits per heavy atom. The molecule has 2 aromatic carbocycles. The van der Waals surface area contributed by atoms with Crippen molar-refractivity contribution in [3.8, 4) is 5.75 Å². The van der Waals surface area contributed by atoms with Gasteiger partial charge in [-0.1, -0.05) is 0 Å². The molecule has 0 aliphatic heterocycles. The van der Waals surface area contributed by atoms with E-state index in [-0.39, 0.29) is 11.1 Å². The number of hydrogen-bond donors (Lipinski definition) is 1. The molecule has 0 unspecified atom stereocenters. The van der Waals surface area contributed by atoms with Crippen molar-refractivity contribution in [3.05, 3.63) is 67.8 Å². The molecule has 0 saturated carbocycles. The summed E-state index contributed by atoms with van der Waals surface area (Å²) in [5, 5.41) is 24.7. The zero-order valence-corrected chi connectivity index (χ0v) is 13.5. The second kappa shape index (κ2) is 7.39. The number of hydrogen-bond acceptors (Lipinski definition) is 6. The molecule has 9 heteroatoms. The molecule has 25 heavy (non-hydrogen) atoms. The second-order valence-electron chi connectivity index (χ2n) is 5.07. The lowest BCUT2D eigenvalue weighted by molar-refractivity contribution is -0.395. The summed E-state index contributed by atoms with van der Waals surface area (Å²) in [6.07, 6.45) is 0. The fraction of sp³-hybridized carbons (Fsp3) is 0.188. The van der Waals surface area contributed by atoms with Crippen LogP contribution in [0.5, 0.6) is 5.75 Å². The van der Waals surface area contributed by atoms with Gasteiger partial charge in [-0.25, -0.2) is 0 Å². The van der Waals surface area contributed by atoms with Gasteiger partial charge in [-0.3, -0.25) is 25.0 Å². The average molecular weight is 345 g/mol. The molecule has 0 atom stereocenters. The summed E-state index contributed by atoms with van der Waals surface area (Å²) in [4.78, 5) is 32.9. The third-order valence-electron chi connectivity index (χ3n) is 3.43. The summed E-state index contributed by atoms with van der Waals surface area (Å²) in [5.41, 5.74) is -0.804. The Balaban J connectivity index is 2.32. The van der Waals surface area contributed by atoms with E-state index in [1.54, 1.807) is 24.3 Å². The molecule has 0 aliphatic rings. The number of rotatable bonds is 6. The highest BCUT2D eigenvalue weighted by Gasteiger charge is 2.25. The summed E-state index contributed by atoms with van der Waals surface area (Å²) in [6, 6.07) is 8.54. The van der Waals surface area contributed by atoms with Crippen LogP contribution in [0, 0.1) is 27.2 Å². The van der Waals surface area contributed by atoms with E-state index in [4.69, 9.17) is 4.74 Å². The molecule has 9 nitrogen and oxygen atoms in total. The van der Waals surface area contributed by atoms with E-state index in [1.807, 2.05) is 6.92 Å². The lowest BCUT2D eigenvalue weighted by Gasteiger charge is -2.08. The number of nitro groups is 2. The maximum atomic E-state index is 12.3. The lowest BCUT2D eigenvalue weighted by atomic mass is 10.1. The van der Waals surface area contributed by atoms with Gasteiger partial charge in [-0.15, -0.1) is 0 Å². The normalized spacial score (nSPS) is 10.2. The van der Waals surface area contributed by atoms with Crippen LogP contribution in [0.25, 0.3) is 0 Å². The molecule has 1 amide bonds. The number of carbonyl (C=O) groups is 1. The van der Waals surface area contributed by atoms with E-state index in [0.717, 1.165) is 12.1 Å². The van der Waals surface area contributed by atoms with E-state index in [9.17, 15) is 25.0 Å². The molecule has 0 radical (unpaired) electrons. The molecule has 2 aromatic rings. The van der Waals surface area contributed by atoms with Crippen molar-refractivity contribution in [2.75, 3.05) is 11.9 Å². The number of carbonyl (C=O) groups excluding carboxylic acids is 1. The minimum atomic E-state index is -0.754. The Labute approximate surface area is 142 Å². The minimum absolute atomic E-state index is 0.104. The number of benzene rings is 2. The van der Waals surface area contributed by atoms with Gasteiger partial charge in [-0.2, -0.15) is 0 Å². The molecule has 1 N–H and O–H groups in total. The molecule has 0 saturated heterocycles. The lowest BCUT2D eigenvalue weighted by Crippen LogP contribution is -2.13. The molecule has 0 fully saturated rings. The van der Waals surface area contributed by atoms with E-state index in [2.05, 4.69) is 5.32 Å². The van der Waals surface area contributed by atoms with Crippen LogP contribution in [0.4, 0.5) is 17.1 Å². The first-order valence-corrected chi connectivity index (χ1v) is 7.31. The highest BCUT2D eigenvalue weighted by molar-refractivity contribution is 6.05. The van der Waals surface area contributed by atoms with Crippen LogP contribution in [0.1, 0.15) is 22.8 Å². The van der Waals surface area contributed by atoms with Crippen LogP contribution in [-0.2, 0) is 0 Å². The molecule has 0 bridgehead atoms. The number of amides is 1. The summed E-state index contributed by atoms with van der Waals surface area (Å²) < 4.78 is 5.29. The zero-order valence-electron chi connectivity index (χ0n) is 13.5. The van der Waals surface area contributed by atoms with Crippen LogP contribution < -0.4 is 10.1 Å². The van der Waals surface area contributed by atoms with Crippen LogP contribution in [-0.4, -0.2) is 22.4 Å². The van der Waals surface area contributed by atoms with Crippen molar-refractivity contribution < 1.29 is 19.4 Å². The quantitative estimate of drug-likeness (QED) is 0.631. The molecule has 2 rings (SSSR count). The maximum Gasteiger partial charge on any atom is 0.279 e. The highest BCUT2D eigenvalue weighted by Crippen LogP contribution is 2.29. The van der Waals surface area contributed by atoms with Gasteiger partial charge in [0.1, 0.15) is 11.3 Å². The third-order valence-corrected chi connectivity index (χ3v) is 3.43. The Morgan fingerprint density at radius 3 is 2.04 bits per heavy atom. The number of ether oxygens (including phenoxy) is 1. The molecule has 0 aliphatic carbocycles. The van der Waals surface area contributed by atoms with Crippen molar-refractivity contribution >= 4 is 23.0 Å². The number of nitro benzene ring substituents is 2. The van der Waals surface area contributed by atoms with Crippen molar-refractivity contribution in [3.63, 3.8) is 0 Å². The number of anilines is 1. The van der Waals surface area contributed by atoms with Gasteiger partial charge in [-0.05, 0) is 38.1 Å². The first kappa shape index (κ1) is 17.9. The SMILES string of the molecule is CCOc1ccc(NC(=O)c2cc([N+](=O)[O-])c(C)c([N+](=O)[O-])c2)cc1. The molecule has 0 aromatic heterocycles. The van der Waals surface area contributed by atoms with Crippen LogP contribution in [0.2, 0.25) is 0 Å². The summed E-state index contributed by atoms with van der Waals surface area (Å²) in [7, 11) is 0.